The van der Waals surface area contributed by atoms with Crippen LogP contribution in [0.4, 0.5) is 0 Å². The number of halogens is 2. The number of carbonyl (C=O) groups is 2. The predicted octanol–water partition coefficient (Wildman–Crippen LogP) is 2.45. The van der Waals surface area contributed by atoms with Crippen molar-refractivity contribution in [3.05, 3.63) is 33.9 Å². The Balaban J connectivity index is 1.73. The van der Waals surface area contributed by atoms with Crippen molar-refractivity contribution in [3.63, 3.8) is 0 Å². The van der Waals surface area contributed by atoms with Gasteiger partial charge in [0, 0.05) is 43.5 Å². The molecule has 8 nitrogen and oxygen atoms in total. The molecule has 0 saturated carbocycles. The molecule has 1 aromatic carbocycles. The first kappa shape index (κ1) is 21.9. The second-order valence-electron chi connectivity index (χ2n) is 7.20. The number of fused-ring (bicyclic) bond motifs is 1. The van der Waals surface area contributed by atoms with Gasteiger partial charge in [0.05, 0.1) is 10.0 Å². The van der Waals surface area contributed by atoms with Crippen LogP contribution < -0.4 is 10.0 Å². The molecule has 2 N–H and O–H groups in total. The fourth-order valence-electron chi connectivity index (χ4n) is 3.71. The average Bonchev–Trinajstić information content (AvgIpc) is 2.94. The van der Waals surface area contributed by atoms with Gasteiger partial charge in [0.2, 0.25) is 5.91 Å². The molecule has 2 amide bonds. The van der Waals surface area contributed by atoms with Gasteiger partial charge in [0.1, 0.15) is 5.69 Å². The SMILES string of the molecule is CC(=O)NS(=O)(=O)N1CC[C@H](NC(=O)c2cc3c(Cl)c(Cl)ccc3n2C)C[C@H]1C. The maximum absolute atomic E-state index is 12.8. The highest BCUT2D eigenvalue weighted by Gasteiger charge is 2.34. The lowest BCUT2D eigenvalue weighted by molar-refractivity contribution is -0.117. The first-order valence-electron chi connectivity index (χ1n) is 9.05. The standard InChI is InChI=1S/C18H22Cl2N4O4S/c1-10-8-12(6-7-24(10)29(27,28)22-11(2)25)21-18(26)16-9-13-15(23(16)3)5-4-14(19)17(13)20/h4-5,9-10,12H,6-8H2,1-3H3,(H,21,26)(H,22,25)/t10-,12+/m1/s1. The minimum atomic E-state index is -3.88. The Morgan fingerprint density at radius 3 is 2.55 bits per heavy atom. The molecule has 0 unspecified atom stereocenters. The van der Waals surface area contributed by atoms with Gasteiger partial charge in [-0.2, -0.15) is 12.7 Å². The maximum atomic E-state index is 12.8. The number of hydrogen-bond acceptors (Lipinski definition) is 4. The number of aromatic nitrogens is 1. The second-order valence-corrected chi connectivity index (χ2v) is 9.61. The van der Waals surface area contributed by atoms with E-state index in [4.69, 9.17) is 23.2 Å². The molecule has 2 aromatic rings. The molecule has 3 rings (SSSR count). The molecule has 158 valence electrons. The van der Waals surface area contributed by atoms with E-state index in [9.17, 15) is 18.0 Å². The van der Waals surface area contributed by atoms with E-state index >= 15 is 0 Å². The Labute approximate surface area is 179 Å². The lowest BCUT2D eigenvalue weighted by Crippen LogP contribution is -2.54. The van der Waals surface area contributed by atoms with Gasteiger partial charge in [-0.05, 0) is 38.0 Å². The van der Waals surface area contributed by atoms with Crippen molar-refractivity contribution < 1.29 is 18.0 Å². The maximum Gasteiger partial charge on any atom is 0.304 e. The minimum absolute atomic E-state index is 0.196. The highest BCUT2D eigenvalue weighted by Crippen LogP contribution is 2.32. The number of amides is 2. The van der Waals surface area contributed by atoms with Gasteiger partial charge in [-0.1, -0.05) is 23.2 Å². The van der Waals surface area contributed by atoms with Crippen LogP contribution in [0.3, 0.4) is 0 Å². The minimum Gasteiger partial charge on any atom is -0.348 e. The van der Waals surface area contributed by atoms with Gasteiger partial charge in [-0.25, -0.2) is 4.72 Å². The van der Waals surface area contributed by atoms with E-state index in [2.05, 4.69) is 5.32 Å². The highest BCUT2D eigenvalue weighted by atomic mass is 35.5. The Bertz CT molecular complexity index is 1080. The van der Waals surface area contributed by atoms with Crippen LogP contribution in [0.5, 0.6) is 0 Å². The van der Waals surface area contributed by atoms with E-state index in [1.54, 1.807) is 36.7 Å². The summed E-state index contributed by atoms with van der Waals surface area (Å²) in [6, 6.07) is 4.61. The van der Waals surface area contributed by atoms with Gasteiger partial charge < -0.3 is 9.88 Å². The Kier molecular flexibility index (Phi) is 6.14. The summed E-state index contributed by atoms with van der Waals surface area (Å²) in [5, 5.41) is 4.47. The fourth-order valence-corrected chi connectivity index (χ4v) is 5.47. The van der Waals surface area contributed by atoms with Crippen LogP contribution in [0.2, 0.25) is 10.0 Å². The van der Waals surface area contributed by atoms with Crippen LogP contribution >= 0.6 is 23.2 Å². The van der Waals surface area contributed by atoms with Crippen molar-refractivity contribution in [1.29, 1.82) is 0 Å². The molecule has 1 aromatic heterocycles. The summed E-state index contributed by atoms with van der Waals surface area (Å²) in [6.45, 7) is 3.10. The molecular weight excluding hydrogens is 439 g/mol. The number of carbonyl (C=O) groups excluding carboxylic acids is 2. The van der Waals surface area contributed by atoms with Gasteiger partial charge >= 0.3 is 10.2 Å². The third-order valence-electron chi connectivity index (χ3n) is 5.08. The van der Waals surface area contributed by atoms with Crippen LogP contribution in [-0.2, 0) is 22.1 Å². The average molecular weight is 461 g/mol. The van der Waals surface area contributed by atoms with Crippen molar-refractivity contribution in [3.8, 4) is 0 Å². The first-order valence-corrected chi connectivity index (χ1v) is 11.2. The molecule has 29 heavy (non-hydrogen) atoms. The van der Waals surface area contributed by atoms with Crippen molar-refractivity contribution in [2.24, 2.45) is 7.05 Å². The van der Waals surface area contributed by atoms with Gasteiger partial charge in [-0.3, -0.25) is 9.59 Å². The third kappa shape index (κ3) is 4.37. The van der Waals surface area contributed by atoms with Crippen LogP contribution in [0.1, 0.15) is 37.2 Å². The number of rotatable bonds is 4. The number of hydrogen-bond donors (Lipinski definition) is 2. The lowest BCUT2D eigenvalue weighted by Gasteiger charge is -2.36. The smallest absolute Gasteiger partial charge is 0.304 e. The molecule has 1 fully saturated rings. The Morgan fingerprint density at radius 1 is 1.24 bits per heavy atom. The van der Waals surface area contributed by atoms with Crippen molar-refractivity contribution in [2.75, 3.05) is 6.54 Å². The Morgan fingerprint density at radius 2 is 1.93 bits per heavy atom. The van der Waals surface area contributed by atoms with Gasteiger partial charge in [-0.15, -0.1) is 0 Å². The molecule has 1 aliphatic rings. The largest absolute Gasteiger partial charge is 0.348 e. The molecule has 11 heteroatoms. The molecule has 2 atom stereocenters. The monoisotopic (exact) mass is 460 g/mol. The number of aryl methyl sites for hydroxylation is 1. The number of nitrogens with zero attached hydrogens (tertiary/aromatic N) is 2. The normalized spacial score (nSPS) is 20.6. The van der Waals surface area contributed by atoms with E-state index in [1.165, 1.54) is 4.31 Å². The highest BCUT2D eigenvalue weighted by molar-refractivity contribution is 7.87. The molecule has 1 saturated heterocycles. The first-order chi connectivity index (χ1) is 13.5. The van der Waals surface area contributed by atoms with E-state index < -0.39 is 16.1 Å². The molecule has 2 heterocycles. The van der Waals surface area contributed by atoms with Gasteiger partial charge in [0.25, 0.3) is 5.91 Å². The van der Waals surface area contributed by atoms with E-state index in [1.807, 2.05) is 4.72 Å². The van der Waals surface area contributed by atoms with Crippen molar-refractivity contribution in [1.82, 2.24) is 18.9 Å². The second kappa shape index (κ2) is 8.14. The third-order valence-corrected chi connectivity index (χ3v) is 7.60. The summed E-state index contributed by atoms with van der Waals surface area (Å²) in [4.78, 5) is 24.0. The fraction of sp³-hybridized carbons (Fsp3) is 0.444. The lowest BCUT2D eigenvalue weighted by atomic mass is 10.0. The van der Waals surface area contributed by atoms with Crippen LogP contribution in [0, 0.1) is 0 Å². The molecule has 0 radical (unpaired) electrons. The number of piperidine rings is 1. The predicted molar refractivity (Wildman–Crippen MR) is 112 cm³/mol. The summed E-state index contributed by atoms with van der Waals surface area (Å²) in [6.07, 6.45) is 0.868. The summed E-state index contributed by atoms with van der Waals surface area (Å²) in [5.74, 6) is -0.909. The van der Waals surface area contributed by atoms with E-state index in [0.717, 1.165) is 12.4 Å². The van der Waals surface area contributed by atoms with Crippen LogP contribution in [-0.4, -0.2) is 47.7 Å². The molecular formula is C18H22Cl2N4O4S. The number of benzene rings is 1. The zero-order chi connectivity index (χ0) is 21.5. The summed E-state index contributed by atoms with van der Waals surface area (Å²) in [7, 11) is -2.11. The van der Waals surface area contributed by atoms with E-state index in [-0.39, 0.29) is 24.5 Å². The Hall–Kier alpha value is -1.81. The summed E-state index contributed by atoms with van der Waals surface area (Å²) in [5.41, 5.74) is 1.22. The summed E-state index contributed by atoms with van der Waals surface area (Å²) < 4.78 is 29.4. The molecule has 0 aliphatic carbocycles. The van der Waals surface area contributed by atoms with Crippen molar-refractivity contribution >= 4 is 56.1 Å². The molecule has 1 aliphatic heterocycles. The topological polar surface area (TPSA) is 101 Å². The van der Waals surface area contributed by atoms with E-state index in [0.29, 0.717) is 34.0 Å². The van der Waals surface area contributed by atoms with Crippen LogP contribution in [0.15, 0.2) is 18.2 Å². The van der Waals surface area contributed by atoms with Crippen LogP contribution in [0.25, 0.3) is 10.9 Å². The van der Waals surface area contributed by atoms with Crippen molar-refractivity contribution in [2.45, 2.75) is 38.8 Å². The zero-order valence-electron chi connectivity index (χ0n) is 16.2. The quantitative estimate of drug-likeness (QED) is 0.731. The molecule has 0 spiro atoms. The zero-order valence-corrected chi connectivity index (χ0v) is 18.5. The molecule has 0 bridgehead atoms. The van der Waals surface area contributed by atoms with Gasteiger partial charge in [0.15, 0.2) is 0 Å². The number of nitrogens with one attached hydrogen (secondary N) is 2. The summed E-state index contributed by atoms with van der Waals surface area (Å²) >= 11 is 12.3.